The van der Waals surface area contributed by atoms with Crippen molar-refractivity contribution >= 4 is 21.6 Å². The minimum absolute atomic E-state index is 0.272. The normalized spacial score (nSPS) is 13.3. The second kappa shape index (κ2) is 9.38. The molecule has 2 atom stereocenters. The minimum atomic E-state index is -3.75. The summed E-state index contributed by atoms with van der Waals surface area (Å²) in [6.45, 7) is 7.41. The van der Waals surface area contributed by atoms with E-state index in [0.29, 0.717) is 17.2 Å². The maximum absolute atomic E-state index is 13.0. The largest absolute Gasteiger partial charge is 0.493 e. The number of amides is 1. The van der Waals surface area contributed by atoms with Crippen molar-refractivity contribution < 1.29 is 22.7 Å². The van der Waals surface area contributed by atoms with Gasteiger partial charge in [0, 0.05) is 6.07 Å². The molecule has 0 aliphatic carbocycles. The molecule has 0 unspecified atom stereocenters. The molecule has 0 saturated carbocycles. The molecule has 0 heterocycles. The van der Waals surface area contributed by atoms with Gasteiger partial charge < -0.3 is 14.8 Å². The van der Waals surface area contributed by atoms with Crippen LogP contribution >= 0.6 is 0 Å². The van der Waals surface area contributed by atoms with Crippen molar-refractivity contribution in [2.75, 3.05) is 24.8 Å². The van der Waals surface area contributed by atoms with Gasteiger partial charge in [0.2, 0.25) is 15.9 Å². The fourth-order valence-electron chi connectivity index (χ4n) is 3.41. The molecular weight excluding hydrogens is 404 g/mol. The predicted octanol–water partition coefficient (Wildman–Crippen LogP) is 3.35. The molecular formula is C22H30N2O5S. The Bertz CT molecular complexity index is 1020. The second-order valence-electron chi connectivity index (χ2n) is 7.36. The third-order valence-electron chi connectivity index (χ3n) is 4.97. The van der Waals surface area contributed by atoms with Crippen LogP contribution in [0.15, 0.2) is 36.4 Å². The van der Waals surface area contributed by atoms with Gasteiger partial charge in [-0.2, -0.15) is 0 Å². The molecule has 2 aromatic rings. The quantitative estimate of drug-likeness (QED) is 0.689. The molecule has 30 heavy (non-hydrogen) atoms. The van der Waals surface area contributed by atoms with Gasteiger partial charge in [0.1, 0.15) is 6.04 Å². The van der Waals surface area contributed by atoms with Crippen LogP contribution in [0.5, 0.6) is 11.5 Å². The zero-order valence-corrected chi connectivity index (χ0v) is 19.3. The van der Waals surface area contributed by atoms with Gasteiger partial charge in [-0.05, 0) is 51.0 Å². The van der Waals surface area contributed by atoms with Crippen LogP contribution in [-0.4, -0.2) is 40.8 Å². The Morgan fingerprint density at radius 3 is 2.20 bits per heavy atom. The highest BCUT2D eigenvalue weighted by atomic mass is 32.2. The van der Waals surface area contributed by atoms with E-state index in [9.17, 15) is 13.2 Å². The Balaban J connectivity index is 2.34. The van der Waals surface area contributed by atoms with Crippen LogP contribution in [-0.2, 0) is 14.8 Å². The topological polar surface area (TPSA) is 84.9 Å². The Labute approximate surface area is 179 Å². The number of nitrogens with one attached hydrogen (secondary N) is 1. The van der Waals surface area contributed by atoms with E-state index in [1.165, 1.54) is 20.3 Å². The molecule has 1 amide bonds. The summed E-state index contributed by atoms with van der Waals surface area (Å²) in [5, 5.41) is 2.94. The number of nitrogens with zero attached hydrogens (tertiary/aromatic N) is 1. The smallest absolute Gasteiger partial charge is 0.244 e. The first-order chi connectivity index (χ1) is 14.0. The highest BCUT2D eigenvalue weighted by Crippen LogP contribution is 2.33. The number of hydrogen-bond donors (Lipinski definition) is 1. The van der Waals surface area contributed by atoms with Crippen LogP contribution in [0.25, 0.3) is 0 Å². The van der Waals surface area contributed by atoms with E-state index in [0.717, 1.165) is 27.3 Å². The summed E-state index contributed by atoms with van der Waals surface area (Å²) >= 11 is 0. The average molecular weight is 435 g/mol. The van der Waals surface area contributed by atoms with Crippen LogP contribution in [0.3, 0.4) is 0 Å². The van der Waals surface area contributed by atoms with Crippen molar-refractivity contribution in [3.63, 3.8) is 0 Å². The van der Waals surface area contributed by atoms with E-state index < -0.39 is 22.0 Å². The SMILES string of the molecule is COc1ccc(N([C@H](C)C(=O)N[C@H](C)c2cc(C)ccc2C)S(C)(=O)=O)cc1OC. The van der Waals surface area contributed by atoms with Crippen molar-refractivity contribution in [1.82, 2.24) is 5.32 Å². The third-order valence-corrected chi connectivity index (χ3v) is 6.21. The van der Waals surface area contributed by atoms with Crippen molar-refractivity contribution in [3.05, 3.63) is 53.1 Å². The minimum Gasteiger partial charge on any atom is -0.493 e. The summed E-state index contributed by atoms with van der Waals surface area (Å²) in [5.41, 5.74) is 3.46. The van der Waals surface area contributed by atoms with E-state index in [1.54, 1.807) is 19.1 Å². The van der Waals surface area contributed by atoms with Crippen LogP contribution in [0, 0.1) is 13.8 Å². The van der Waals surface area contributed by atoms with E-state index in [-0.39, 0.29) is 6.04 Å². The number of hydrogen-bond acceptors (Lipinski definition) is 5. The third kappa shape index (κ3) is 5.24. The van der Waals surface area contributed by atoms with Crippen molar-refractivity contribution in [3.8, 4) is 11.5 Å². The summed E-state index contributed by atoms with van der Waals surface area (Å²) in [6, 6.07) is 9.53. The lowest BCUT2D eigenvalue weighted by atomic mass is 10.00. The van der Waals surface area contributed by atoms with Crippen LogP contribution in [0.2, 0.25) is 0 Å². The number of carbonyl (C=O) groups excluding carboxylic acids is 1. The number of benzene rings is 2. The highest BCUT2D eigenvalue weighted by molar-refractivity contribution is 7.92. The van der Waals surface area contributed by atoms with Gasteiger partial charge in [0.25, 0.3) is 0 Å². The van der Waals surface area contributed by atoms with Gasteiger partial charge in [-0.15, -0.1) is 0 Å². The number of ether oxygens (including phenoxy) is 2. The zero-order chi connectivity index (χ0) is 22.6. The Morgan fingerprint density at radius 2 is 1.63 bits per heavy atom. The monoisotopic (exact) mass is 434 g/mol. The molecule has 1 N–H and O–H groups in total. The molecule has 2 aromatic carbocycles. The lowest BCUT2D eigenvalue weighted by Gasteiger charge is -2.30. The van der Waals surface area contributed by atoms with Crippen LogP contribution in [0.1, 0.15) is 36.6 Å². The maximum atomic E-state index is 13.0. The standard InChI is InChI=1S/C22H30N2O5S/c1-14-8-9-15(2)19(12-14)16(3)23-22(25)17(4)24(30(7,26)27)18-10-11-20(28-5)21(13-18)29-6/h8-13,16-17H,1-7H3,(H,23,25)/t16-,17-/m1/s1. The first-order valence-corrected chi connectivity index (χ1v) is 11.4. The lowest BCUT2D eigenvalue weighted by molar-refractivity contribution is -0.122. The number of sulfonamides is 1. The van der Waals surface area contributed by atoms with Crippen molar-refractivity contribution in [1.29, 1.82) is 0 Å². The van der Waals surface area contributed by atoms with Gasteiger partial charge in [-0.1, -0.05) is 23.8 Å². The summed E-state index contributed by atoms with van der Waals surface area (Å²) in [6.07, 6.45) is 1.07. The van der Waals surface area contributed by atoms with Crippen LogP contribution in [0.4, 0.5) is 5.69 Å². The van der Waals surface area contributed by atoms with Gasteiger partial charge >= 0.3 is 0 Å². The summed E-state index contributed by atoms with van der Waals surface area (Å²) in [7, 11) is -0.783. The molecule has 164 valence electrons. The molecule has 0 aliphatic rings. The average Bonchev–Trinajstić information content (AvgIpc) is 2.68. The number of methoxy groups -OCH3 is 2. The number of anilines is 1. The fraction of sp³-hybridized carbons (Fsp3) is 0.409. The Kier molecular flexibility index (Phi) is 7.36. The molecule has 0 spiro atoms. The molecule has 0 radical (unpaired) electrons. The van der Waals surface area contributed by atoms with Crippen molar-refractivity contribution in [2.45, 2.75) is 39.8 Å². The molecule has 2 rings (SSSR count). The molecule has 8 heteroatoms. The van der Waals surface area contributed by atoms with Gasteiger partial charge in [0.05, 0.1) is 32.2 Å². The Morgan fingerprint density at radius 1 is 1.00 bits per heavy atom. The van der Waals surface area contributed by atoms with Gasteiger partial charge in [-0.25, -0.2) is 8.42 Å². The maximum Gasteiger partial charge on any atom is 0.244 e. The van der Waals surface area contributed by atoms with E-state index in [1.807, 2.05) is 39.0 Å². The molecule has 7 nitrogen and oxygen atoms in total. The number of aryl methyl sites for hydroxylation is 2. The Hall–Kier alpha value is -2.74. The molecule has 0 bridgehead atoms. The number of carbonyl (C=O) groups is 1. The van der Waals surface area contributed by atoms with Gasteiger partial charge in [-0.3, -0.25) is 9.10 Å². The fourth-order valence-corrected chi connectivity index (χ4v) is 4.58. The first kappa shape index (κ1) is 23.5. The first-order valence-electron chi connectivity index (χ1n) is 9.58. The summed E-state index contributed by atoms with van der Waals surface area (Å²) < 4.78 is 36.7. The molecule has 0 aromatic heterocycles. The molecule has 0 saturated heterocycles. The zero-order valence-electron chi connectivity index (χ0n) is 18.5. The molecule has 0 fully saturated rings. The van der Waals surface area contributed by atoms with Crippen LogP contribution < -0.4 is 19.1 Å². The summed E-state index contributed by atoms with van der Waals surface area (Å²) in [5.74, 6) is 0.443. The van der Waals surface area contributed by atoms with E-state index in [4.69, 9.17) is 9.47 Å². The highest BCUT2D eigenvalue weighted by Gasteiger charge is 2.30. The predicted molar refractivity (Wildman–Crippen MR) is 119 cm³/mol. The second-order valence-corrected chi connectivity index (χ2v) is 9.22. The molecule has 0 aliphatic heterocycles. The van der Waals surface area contributed by atoms with Gasteiger partial charge in [0.15, 0.2) is 11.5 Å². The van der Waals surface area contributed by atoms with Crippen molar-refractivity contribution in [2.24, 2.45) is 0 Å². The van der Waals surface area contributed by atoms with E-state index in [2.05, 4.69) is 5.32 Å². The lowest BCUT2D eigenvalue weighted by Crippen LogP contribution is -2.48. The summed E-state index contributed by atoms with van der Waals surface area (Å²) in [4.78, 5) is 13.0. The number of rotatable bonds is 8. The van der Waals surface area contributed by atoms with E-state index >= 15 is 0 Å².